The van der Waals surface area contributed by atoms with Crippen LogP contribution < -0.4 is 20.9 Å². The fourth-order valence-electron chi connectivity index (χ4n) is 3.57. The number of nitrogens with zero attached hydrogens (tertiary/aromatic N) is 3. The molecule has 2 heterocycles. The Balaban J connectivity index is 0.00000280. The number of ether oxygens (including phenoxy) is 1. The molecule has 154 valence electrons. The molecule has 1 aliphatic heterocycles. The lowest BCUT2D eigenvalue weighted by Crippen LogP contribution is -2.47. The Labute approximate surface area is 171 Å². The maximum Gasteiger partial charge on any atom is 0.328 e. The third-order valence-electron chi connectivity index (χ3n) is 5.17. The van der Waals surface area contributed by atoms with Crippen molar-refractivity contribution in [2.75, 3.05) is 44.7 Å². The lowest BCUT2D eigenvalue weighted by Gasteiger charge is -2.36. The molecule has 2 aromatic rings. The molecule has 1 aliphatic rings. The van der Waals surface area contributed by atoms with Gasteiger partial charge in [-0.1, -0.05) is 19.1 Å². The van der Waals surface area contributed by atoms with E-state index in [0.29, 0.717) is 18.5 Å². The highest BCUT2D eigenvalue weighted by Gasteiger charge is 2.19. The molecule has 0 saturated carbocycles. The standard InChI is InChI=1S/C20H28N4O3.ClH/c1-3-16-15-21-20(26)24(19(16)25)10-6-9-22-11-13-23(14-12-22)17-7-4-5-8-18(17)27-2;/h4-5,7-8,15H,3,6,9-14H2,1-2H3,(H,21,26);1H. The molecule has 0 atom stereocenters. The van der Waals surface area contributed by atoms with E-state index < -0.39 is 0 Å². The van der Waals surface area contributed by atoms with Crippen LogP contribution in [0.5, 0.6) is 5.75 Å². The minimum absolute atomic E-state index is 0. The van der Waals surface area contributed by atoms with Gasteiger partial charge in [-0.25, -0.2) is 4.79 Å². The number of rotatable bonds is 7. The summed E-state index contributed by atoms with van der Waals surface area (Å²) in [5.41, 5.74) is 1.30. The van der Waals surface area contributed by atoms with Crippen molar-refractivity contribution in [3.05, 3.63) is 56.9 Å². The van der Waals surface area contributed by atoms with Gasteiger partial charge in [-0.05, 0) is 31.5 Å². The van der Waals surface area contributed by atoms with Gasteiger partial charge in [-0.3, -0.25) is 14.3 Å². The van der Waals surface area contributed by atoms with E-state index in [1.165, 1.54) is 10.8 Å². The van der Waals surface area contributed by atoms with Crippen molar-refractivity contribution in [2.45, 2.75) is 26.3 Å². The van der Waals surface area contributed by atoms with Crippen molar-refractivity contribution in [3.8, 4) is 5.75 Å². The second-order valence-corrected chi connectivity index (χ2v) is 6.78. The summed E-state index contributed by atoms with van der Waals surface area (Å²) in [5, 5.41) is 0. The number of H-pyrrole nitrogens is 1. The normalized spacial score (nSPS) is 14.6. The minimum atomic E-state index is -0.321. The van der Waals surface area contributed by atoms with Crippen LogP contribution in [0.3, 0.4) is 0 Å². The number of methoxy groups -OCH3 is 1. The van der Waals surface area contributed by atoms with Crippen molar-refractivity contribution in [2.24, 2.45) is 0 Å². The van der Waals surface area contributed by atoms with Crippen LogP contribution in [0.4, 0.5) is 5.69 Å². The number of aryl methyl sites for hydroxylation is 1. The molecule has 7 nitrogen and oxygen atoms in total. The quantitative estimate of drug-likeness (QED) is 0.755. The largest absolute Gasteiger partial charge is 0.495 e. The van der Waals surface area contributed by atoms with E-state index in [9.17, 15) is 9.59 Å². The van der Waals surface area contributed by atoms with Gasteiger partial charge in [0.25, 0.3) is 5.56 Å². The highest BCUT2D eigenvalue weighted by atomic mass is 35.5. The molecule has 1 fully saturated rings. The minimum Gasteiger partial charge on any atom is -0.495 e. The Hall–Kier alpha value is -2.25. The van der Waals surface area contributed by atoms with Gasteiger partial charge >= 0.3 is 5.69 Å². The van der Waals surface area contributed by atoms with Crippen LogP contribution in [0.15, 0.2) is 40.1 Å². The molecule has 0 spiro atoms. The summed E-state index contributed by atoms with van der Waals surface area (Å²) in [6, 6.07) is 8.09. The predicted octanol–water partition coefficient (Wildman–Crippen LogP) is 1.74. The van der Waals surface area contributed by atoms with E-state index in [-0.39, 0.29) is 23.7 Å². The van der Waals surface area contributed by atoms with Gasteiger partial charge < -0.3 is 14.6 Å². The van der Waals surface area contributed by atoms with Crippen LogP contribution >= 0.6 is 12.4 Å². The highest BCUT2D eigenvalue weighted by molar-refractivity contribution is 5.85. The summed E-state index contributed by atoms with van der Waals surface area (Å²) in [6.45, 7) is 7.03. The van der Waals surface area contributed by atoms with Crippen LogP contribution in [-0.4, -0.2) is 54.3 Å². The third kappa shape index (κ3) is 4.97. The average molecular weight is 409 g/mol. The van der Waals surface area contributed by atoms with E-state index in [2.05, 4.69) is 20.9 Å². The third-order valence-corrected chi connectivity index (χ3v) is 5.17. The van der Waals surface area contributed by atoms with E-state index in [1.807, 2.05) is 25.1 Å². The monoisotopic (exact) mass is 408 g/mol. The molecule has 0 amide bonds. The van der Waals surface area contributed by atoms with Crippen LogP contribution in [0.25, 0.3) is 0 Å². The topological polar surface area (TPSA) is 70.6 Å². The zero-order chi connectivity index (χ0) is 19.2. The fourth-order valence-corrected chi connectivity index (χ4v) is 3.57. The number of nitrogens with one attached hydrogen (secondary N) is 1. The van der Waals surface area contributed by atoms with Crippen molar-refractivity contribution in [1.82, 2.24) is 14.5 Å². The Morgan fingerprint density at radius 1 is 1.07 bits per heavy atom. The predicted molar refractivity (Wildman–Crippen MR) is 114 cm³/mol. The molecule has 0 unspecified atom stereocenters. The van der Waals surface area contributed by atoms with Gasteiger partial charge in [0.2, 0.25) is 0 Å². The van der Waals surface area contributed by atoms with E-state index in [0.717, 1.165) is 50.6 Å². The van der Waals surface area contributed by atoms with E-state index in [4.69, 9.17) is 4.74 Å². The zero-order valence-electron chi connectivity index (χ0n) is 16.5. The lowest BCUT2D eigenvalue weighted by molar-refractivity contribution is 0.249. The van der Waals surface area contributed by atoms with Gasteiger partial charge in [0, 0.05) is 44.5 Å². The number of aromatic nitrogens is 2. The summed E-state index contributed by atoms with van der Waals surface area (Å²) >= 11 is 0. The van der Waals surface area contributed by atoms with E-state index >= 15 is 0 Å². The number of piperazine rings is 1. The maximum atomic E-state index is 12.3. The number of halogens is 1. The first-order valence-electron chi connectivity index (χ1n) is 9.55. The summed E-state index contributed by atoms with van der Waals surface area (Å²) in [6.07, 6.45) is 2.93. The Bertz CT molecular complexity index is 872. The summed E-state index contributed by atoms with van der Waals surface area (Å²) in [7, 11) is 1.70. The van der Waals surface area contributed by atoms with Gasteiger partial charge in [0.1, 0.15) is 5.75 Å². The Kier molecular flexibility index (Phi) is 8.14. The van der Waals surface area contributed by atoms with Crippen molar-refractivity contribution < 1.29 is 4.74 Å². The lowest BCUT2D eigenvalue weighted by atomic mass is 10.2. The van der Waals surface area contributed by atoms with Gasteiger partial charge in [0.15, 0.2) is 0 Å². The molecule has 0 aliphatic carbocycles. The highest BCUT2D eigenvalue weighted by Crippen LogP contribution is 2.28. The first-order chi connectivity index (χ1) is 13.1. The SMILES string of the molecule is CCc1c[nH]c(=O)n(CCCN2CCN(c3ccccc3OC)CC2)c1=O.Cl. The van der Waals surface area contributed by atoms with Crippen molar-refractivity contribution >= 4 is 18.1 Å². The number of anilines is 1. The van der Waals surface area contributed by atoms with Gasteiger partial charge in [0.05, 0.1) is 12.8 Å². The molecule has 28 heavy (non-hydrogen) atoms. The van der Waals surface area contributed by atoms with Crippen molar-refractivity contribution in [1.29, 1.82) is 0 Å². The molecule has 1 aromatic heterocycles. The molecule has 8 heteroatoms. The zero-order valence-corrected chi connectivity index (χ0v) is 17.3. The molecule has 3 rings (SSSR count). The number of benzene rings is 1. The summed E-state index contributed by atoms with van der Waals surface area (Å²) in [4.78, 5) is 31.6. The van der Waals surface area contributed by atoms with Crippen molar-refractivity contribution in [3.63, 3.8) is 0 Å². The number of para-hydroxylation sites is 2. The average Bonchev–Trinajstić information content (AvgIpc) is 2.71. The van der Waals surface area contributed by atoms with Crippen LogP contribution in [0.1, 0.15) is 18.9 Å². The molecule has 0 bridgehead atoms. The number of aromatic amines is 1. The van der Waals surface area contributed by atoms with Crippen LogP contribution in [-0.2, 0) is 13.0 Å². The fraction of sp³-hybridized carbons (Fsp3) is 0.500. The molecular formula is C20H29ClN4O3. The molecule has 1 saturated heterocycles. The van der Waals surface area contributed by atoms with Gasteiger partial charge in [-0.15, -0.1) is 12.4 Å². The Morgan fingerprint density at radius 2 is 1.79 bits per heavy atom. The smallest absolute Gasteiger partial charge is 0.328 e. The molecule has 0 radical (unpaired) electrons. The van der Waals surface area contributed by atoms with Crippen LogP contribution in [0, 0.1) is 0 Å². The summed E-state index contributed by atoms with van der Waals surface area (Å²) < 4.78 is 6.78. The molecular weight excluding hydrogens is 380 g/mol. The molecule has 1 aromatic carbocycles. The van der Waals surface area contributed by atoms with E-state index in [1.54, 1.807) is 7.11 Å². The molecule has 1 N–H and O–H groups in total. The number of hydrogen-bond acceptors (Lipinski definition) is 5. The Morgan fingerprint density at radius 3 is 2.46 bits per heavy atom. The maximum absolute atomic E-state index is 12.3. The van der Waals surface area contributed by atoms with Gasteiger partial charge in [-0.2, -0.15) is 0 Å². The first kappa shape index (κ1) is 22.0. The first-order valence-corrected chi connectivity index (χ1v) is 9.55. The number of hydrogen-bond donors (Lipinski definition) is 1. The summed E-state index contributed by atoms with van der Waals surface area (Å²) in [5.74, 6) is 0.903. The van der Waals surface area contributed by atoms with Crippen LogP contribution in [0.2, 0.25) is 0 Å². The second-order valence-electron chi connectivity index (χ2n) is 6.78. The second kappa shape index (κ2) is 10.3.